The van der Waals surface area contributed by atoms with Crippen LogP contribution in [0.1, 0.15) is 5.56 Å². The van der Waals surface area contributed by atoms with Crippen LogP contribution in [0.5, 0.6) is 11.6 Å². The van der Waals surface area contributed by atoms with Crippen LogP contribution in [0.4, 0.5) is 0 Å². The summed E-state index contributed by atoms with van der Waals surface area (Å²) < 4.78 is 6.98. The SMILES string of the molecule is NCc1ccccc1Oc1ccc2nnnn2n1. The van der Waals surface area contributed by atoms with Crippen molar-refractivity contribution in [2.45, 2.75) is 6.54 Å². The number of rotatable bonds is 3. The molecule has 2 aromatic heterocycles. The summed E-state index contributed by atoms with van der Waals surface area (Å²) in [5.41, 5.74) is 7.12. The zero-order chi connectivity index (χ0) is 12.4. The van der Waals surface area contributed by atoms with Gasteiger partial charge in [0.05, 0.1) is 0 Å². The average Bonchev–Trinajstić information content (AvgIpc) is 2.87. The molecule has 0 fully saturated rings. The molecule has 3 rings (SSSR count). The molecule has 0 unspecified atom stereocenters. The Morgan fingerprint density at radius 2 is 2.06 bits per heavy atom. The van der Waals surface area contributed by atoms with Crippen LogP contribution in [0.25, 0.3) is 5.65 Å². The molecule has 7 nitrogen and oxygen atoms in total. The lowest BCUT2D eigenvalue weighted by molar-refractivity contribution is 0.442. The first-order valence-electron chi connectivity index (χ1n) is 5.38. The van der Waals surface area contributed by atoms with Crippen LogP contribution in [-0.4, -0.2) is 25.3 Å². The molecule has 18 heavy (non-hydrogen) atoms. The van der Waals surface area contributed by atoms with Gasteiger partial charge in [-0.3, -0.25) is 0 Å². The lowest BCUT2D eigenvalue weighted by Crippen LogP contribution is -2.01. The van der Waals surface area contributed by atoms with Gasteiger partial charge in [-0.05, 0) is 22.6 Å². The van der Waals surface area contributed by atoms with E-state index in [0.717, 1.165) is 5.56 Å². The Kier molecular flexibility index (Phi) is 2.58. The predicted octanol–water partition coefficient (Wildman–Crippen LogP) is 0.770. The van der Waals surface area contributed by atoms with Crippen LogP contribution in [-0.2, 0) is 6.54 Å². The molecule has 7 heteroatoms. The summed E-state index contributed by atoms with van der Waals surface area (Å²) in [4.78, 5) is 0. The first-order valence-corrected chi connectivity index (χ1v) is 5.38. The normalized spacial score (nSPS) is 10.7. The van der Waals surface area contributed by atoms with E-state index in [1.165, 1.54) is 4.63 Å². The highest BCUT2D eigenvalue weighted by molar-refractivity contribution is 5.38. The van der Waals surface area contributed by atoms with Crippen molar-refractivity contribution in [3.63, 3.8) is 0 Å². The number of benzene rings is 1. The minimum atomic E-state index is 0.406. The lowest BCUT2D eigenvalue weighted by Gasteiger charge is -2.08. The number of nitrogens with two attached hydrogens (primary N) is 1. The molecular formula is C11H10N6O. The van der Waals surface area contributed by atoms with Gasteiger partial charge in [-0.25, -0.2) is 0 Å². The van der Waals surface area contributed by atoms with E-state index in [0.29, 0.717) is 23.8 Å². The topological polar surface area (TPSA) is 91.2 Å². The fraction of sp³-hybridized carbons (Fsp3) is 0.0909. The minimum Gasteiger partial charge on any atom is -0.437 e. The quantitative estimate of drug-likeness (QED) is 0.729. The lowest BCUT2D eigenvalue weighted by atomic mass is 10.2. The van der Waals surface area contributed by atoms with Gasteiger partial charge in [-0.2, -0.15) is 0 Å². The molecule has 1 aromatic carbocycles. The second-order valence-corrected chi connectivity index (χ2v) is 3.61. The number of ether oxygens (including phenoxy) is 1. The summed E-state index contributed by atoms with van der Waals surface area (Å²) in [7, 11) is 0. The van der Waals surface area contributed by atoms with Crippen LogP contribution in [0, 0.1) is 0 Å². The van der Waals surface area contributed by atoms with E-state index in [1.54, 1.807) is 12.1 Å². The predicted molar refractivity (Wildman–Crippen MR) is 63.0 cm³/mol. The molecule has 0 aliphatic heterocycles. The van der Waals surface area contributed by atoms with Crippen molar-refractivity contribution in [2.24, 2.45) is 5.73 Å². The molecule has 0 saturated heterocycles. The molecule has 0 spiro atoms. The molecular weight excluding hydrogens is 232 g/mol. The molecule has 0 radical (unpaired) electrons. The van der Waals surface area contributed by atoms with Crippen LogP contribution in [0.3, 0.4) is 0 Å². The van der Waals surface area contributed by atoms with E-state index in [4.69, 9.17) is 10.5 Å². The molecule has 0 aliphatic carbocycles. The first kappa shape index (κ1) is 10.6. The molecule has 90 valence electrons. The smallest absolute Gasteiger partial charge is 0.239 e. The van der Waals surface area contributed by atoms with Gasteiger partial charge in [0.2, 0.25) is 5.88 Å². The fourth-order valence-electron chi connectivity index (χ4n) is 1.57. The van der Waals surface area contributed by atoms with Crippen molar-refractivity contribution in [3.8, 4) is 11.6 Å². The van der Waals surface area contributed by atoms with Crippen LogP contribution >= 0.6 is 0 Å². The molecule has 2 N–H and O–H groups in total. The number of hydrogen-bond acceptors (Lipinski definition) is 6. The van der Waals surface area contributed by atoms with Gasteiger partial charge in [0.1, 0.15) is 5.75 Å². The maximum absolute atomic E-state index is 5.67. The Labute approximate surface area is 102 Å². The standard InChI is InChI=1S/C11H10N6O/c12-7-8-3-1-2-4-9(8)18-11-6-5-10-13-15-16-17(10)14-11/h1-6H,7,12H2. The van der Waals surface area contributed by atoms with Gasteiger partial charge in [0.15, 0.2) is 5.65 Å². The molecule has 0 aliphatic rings. The summed E-state index contributed by atoms with van der Waals surface area (Å²) in [6, 6.07) is 11.0. The molecule has 0 amide bonds. The number of hydrogen-bond donors (Lipinski definition) is 1. The van der Waals surface area contributed by atoms with Gasteiger partial charge in [0.25, 0.3) is 0 Å². The fourth-order valence-corrected chi connectivity index (χ4v) is 1.57. The number of tetrazole rings is 1. The highest BCUT2D eigenvalue weighted by Crippen LogP contribution is 2.23. The number of aromatic nitrogens is 5. The van der Waals surface area contributed by atoms with Crippen LogP contribution < -0.4 is 10.5 Å². The second kappa shape index (κ2) is 4.38. The van der Waals surface area contributed by atoms with E-state index in [9.17, 15) is 0 Å². The van der Waals surface area contributed by atoms with Crippen molar-refractivity contribution < 1.29 is 4.74 Å². The molecule has 0 atom stereocenters. The van der Waals surface area contributed by atoms with Crippen molar-refractivity contribution in [1.82, 2.24) is 25.3 Å². The summed E-state index contributed by atoms with van der Waals surface area (Å²) in [5.74, 6) is 1.09. The third-order valence-corrected chi connectivity index (χ3v) is 2.45. The Morgan fingerprint density at radius 3 is 2.94 bits per heavy atom. The van der Waals surface area contributed by atoms with Crippen LogP contribution in [0.15, 0.2) is 36.4 Å². The molecule has 0 bridgehead atoms. The van der Waals surface area contributed by atoms with Gasteiger partial charge < -0.3 is 10.5 Å². The maximum Gasteiger partial charge on any atom is 0.239 e. The third-order valence-electron chi connectivity index (χ3n) is 2.45. The average molecular weight is 242 g/mol. The summed E-state index contributed by atoms with van der Waals surface area (Å²) in [5, 5.41) is 15.1. The Morgan fingerprint density at radius 1 is 1.17 bits per heavy atom. The zero-order valence-corrected chi connectivity index (χ0v) is 9.39. The summed E-state index contributed by atoms with van der Waals surface area (Å²) >= 11 is 0. The highest BCUT2D eigenvalue weighted by Gasteiger charge is 2.05. The zero-order valence-electron chi connectivity index (χ0n) is 9.39. The molecule has 0 saturated carbocycles. The van der Waals surface area contributed by atoms with Crippen molar-refractivity contribution >= 4 is 5.65 Å². The maximum atomic E-state index is 5.67. The molecule has 2 heterocycles. The third kappa shape index (κ3) is 1.87. The van der Waals surface area contributed by atoms with Crippen molar-refractivity contribution in [1.29, 1.82) is 0 Å². The number of fused-ring (bicyclic) bond motifs is 1. The van der Waals surface area contributed by atoms with E-state index >= 15 is 0 Å². The summed E-state index contributed by atoms with van der Waals surface area (Å²) in [6.45, 7) is 0.406. The monoisotopic (exact) mass is 242 g/mol. The molecule has 3 aromatic rings. The number of nitrogens with zero attached hydrogens (tertiary/aromatic N) is 5. The minimum absolute atomic E-state index is 0.406. The van der Waals surface area contributed by atoms with Gasteiger partial charge >= 0.3 is 0 Å². The second-order valence-electron chi connectivity index (χ2n) is 3.61. The first-order chi connectivity index (χ1) is 8.86. The Balaban J connectivity index is 1.95. The highest BCUT2D eigenvalue weighted by atomic mass is 16.5. The van der Waals surface area contributed by atoms with Crippen LogP contribution in [0.2, 0.25) is 0 Å². The number of para-hydroxylation sites is 1. The van der Waals surface area contributed by atoms with Crippen molar-refractivity contribution in [2.75, 3.05) is 0 Å². The van der Waals surface area contributed by atoms with E-state index < -0.39 is 0 Å². The summed E-state index contributed by atoms with van der Waals surface area (Å²) in [6.07, 6.45) is 0. The Bertz CT molecular complexity index is 680. The van der Waals surface area contributed by atoms with E-state index in [1.807, 2.05) is 24.3 Å². The van der Waals surface area contributed by atoms with E-state index in [-0.39, 0.29) is 0 Å². The van der Waals surface area contributed by atoms with Crippen molar-refractivity contribution in [3.05, 3.63) is 42.0 Å². The van der Waals surface area contributed by atoms with Gasteiger partial charge in [0, 0.05) is 18.2 Å². The van der Waals surface area contributed by atoms with E-state index in [2.05, 4.69) is 20.6 Å². The largest absolute Gasteiger partial charge is 0.437 e. The Hall–Kier alpha value is -2.54. The van der Waals surface area contributed by atoms with Gasteiger partial charge in [-0.15, -0.1) is 14.8 Å². The van der Waals surface area contributed by atoms with Gasteiger partial charge in [-0.1, -0.05) is 18.2 Å².